The van der Waals surface area contributed by atoms with E-state index >= 15 is 0 Å². The van der Waals surface area contributed by atoms with Crippen LogP contribution in [0.1, 0.15) is 23.6 Å². The molecule has 1 aliphatic rings. The normalized spacial score (nSPS) is 20.1. The van der Waals surface area contributed by atoms with Crippen molar-refractivity contribution in [3.8, 4) is 0 Å². The third kappa shape index (κ3) is 2.29. The Kier molecular flexibility index (Phi) is 3.22. The fourth-order valence-corrected chi connectivity index (χ4v) is 4.16. The number of aromatic nitrogens is 1. The molecular weight excluding hydrogens is 272 g/mol. The van der Waals surface area contributed by atoms with E-state index in [1.807, 2.05) is 25.1 Å². The van der Waals surface area contributed by atoms with Crippen LogP contribution in [0.4, 0.5) is 5.69 Å². The minimum atomic E-state index is -3.13. The number of nitrogens with one attached hydrogen (secondary N) is 1. The second-order valence-electron chi connectivity index (χ2n) is 5.03. The van der Waals surface area contributed by atoms with Crippen LogP contribution in [0.3, 0.4) is 0 Å². The molecule has 20 heavy (non-hydrogen) atoms. The molecule has 3 rings (SSSR count). The first-order valence-corrected chi connectivity index (χ1v) is 8.22. The molecule has 0 bridgehead atoms. The van der Waals surface area contributed by atoms with Crippen molar-refractivity contribution in [2.24, 2.45) is 0 Å². The maximum atomic E-state index is 12.1. The summed E-state index contributed by atoms with van der Waals surface area (Å²) < 4.78 is 24.2. The predicted octanol–water partition coefficient (Wildman–Crippen LogP) is 2.72. The Labute approximate surface area is 118 Å². The van der Waals surface area contributed by atoms with Crippen molar-refractivity contribution >= 4 is 15.5 Å². The molecule has 5 heteroatoms. The van der Waals surface area contributed by atoms with E-state index in [0.717, 1.165) is 16.8 Å². The average molecular weight is 288 g/mol. The molecule has 0 spiro atoms. The number of hydrogen-bond acceptors (Lipinski definition) is 4. The van der Waals surface area contributed by atoms with Crippen molar-refractivity contribution in [2.75, 3.05) is 11.1 Å². The highest BCUT2D eigenvalue weighted by Crippen LogP contribution is 2.34. The van der Waals surface area contributed by atoms with E-state index in [1.165, 1.54) is 0 Å². The standard InChI is InChI=1S/C15H16N2O2S/c1-11-6-8-16-10-14(11)17-13-7-9-20(18,19)15-5-3-2-4-12(13)15/h2-6,8,10,13,17H,7,9H2,1H3. The molecule has 1 unspecified atom stereocenters. The Hall–Kier alpha value is -1.88. The minimum absolute atomic E-state index is 0.0117. The highest BCUT2D eigenvalue weighted by Gasteiger charge is 2.29. The number of sulfone groups is 1. The van der Waals surface area contributed by atoms with Crippen molar-refractivity contribution in [3.63, 3.8) is 0 Å². The van der Waals surface area contributed by atoms with Crippen LogP contribution in [0.5, 0.6) is 0 Å². The molecule has 0 radical (unpaired) electrons. The van der Waals surface area contributed by atoms with Crippen LogP contribution in [0.25, 0.3) is 0 Å². The Morgan fingerprint density at radius 3 is 2.85 bits per heavy atom. The number of aryl methyl sites for hydroxylation is 1. The summed E-state index contributed by atoms with van der Waals surface area (Å²) in [7, 11) is -3.13. The number of anilines is 1. The van der Waals surface area contributed by atoms with Gasteiger partial charge in [-0.05, 0) is 36.6 Å². The Balaban J connectivity index is 1.99. The van der Waals surface area contributed by atoms with Gasteiger partial charge in [-0.15, -0.1) is 0 Å². The lowest BCUT2D eigenvalue weighted by molar-refractivity contribution is 0.576. The monoisotopic (exact) mass is 288 g/mol. The first-order valence-electron chi connectivity index (χ1n) is 6.57. The van der Waals surface area contributed by atoms with Crippen molar-refractivity contribution in [1.82, 2.24) is 4.98 Å². The van der Waals surface area contributed by atoms with Crippen LogP contribution >= 0.6 is 0 Å². The number of fused-ring (bicyclic) bond motifs is 1. The van der Waals surface area contributed by atoms with E-state index in [9.17, 15) is 8.42 Å². The smallest absolute Gasteiger partial charge is 0.178 e. The summed E-state index contributed by atoms with van der Waals surface area (Å²) in [6, 6.07) is 9.17. The summed E-state index contributed by atoms with van der Waals surface area (Å²) in [5.41, 5.74) is 2.90. The van der Waals surface area contributed by atoms with Gasteiger partial charge < -0.3 is 5.32 Å². The third-order valence-corrected chi connectivity index (χ3v) is 5.49. The van der Waals surface area contributed by atoms with E-state index in [2.05, 4.69) is 10.3 Å². The summed E-state index contributed by atoms with van der Waals surface area (Å²) in [5, 5.41) is 3.42. The number of nitrogens with zero attached hydrogens (tertiary/aromatic N) is 1. The highest BCUT2D eigenvalue weighted by atomic mass is 32.2. The summed E-state index contributed by atoms with van der Waals surface area (Å²) in [6.45, 7) is 2.01. The zero-order valence-corrected chi connectivity index (χ0v) is 12.0. The molecule has 1 aliphatic heterocycles. The molecular formula is C15H16N2O2S. The van der Waals surface area contributed by atoms with Gasteiger partial charge in [0.05, 0.1) is 28.6 Å². The lowest BCUT2D eigenvalue weighted by Crippen LogP contribution is -2.24. The van der Waals surface area contributed by atoms with E-state index in [4.69, 9.17) is 0 Å². The van der Waals surface area contributed by atoms with E-state index in [0.29, 0.717) is 11.3 Å². The van der Waals surface area contributed by atoms with Gasteiger partial charge in [0, 0.05) is 6.20 Å². The Morgan fingerprint density at radius 1 is 1.25 bits per heavy atom. The fraction of sp³-hybridized carbons (Fsp3) is 0.267. The molecule has 2 heterocycles. The van der Waals surface area contributed by atoms with Crippen molar-refractivity contribution in [2.45, 2.75) is 24.3 Å². The molecule has 1 aromatic carbocycles. The largest absolute Gasteiger partial charge is 0.377 e. The van der Waals surface area contributed by atoms with Crippen molar-refractivity contribution in [3.05, 3.63) is 53.9 Å². The van der Waals surface area contributed by atoms with E-state index < -0.39 is 9.84 Å². The number of hydrogen-bond donors (Lipinski definition) is 1. The van der Waals surface area contributed by atoms with Gasteiger partial charge in [0.25, 0.3) is 0 Å². The molecule has 2 aromatic rings. The molecule has 1 atom stereocenters. The summed E-state index contributed by atoms with van der Waals surface area (Å²) in [4.78, 5) is 4.56. The van der Waals surface area contributed by atoms with Gasteiger partial charge in [-0.3, -0.25) is 4.98 Å². The maximum Gasteiger partial charge on any atom is 0.178 e. The van der Waals surface area contributed by atoms with Crippen molar-refractivity contribution < 1.29 is 8.42 Å². The summed E-state index contributed by atoms with van der Waals surface area (Å²) in [5.74, 6) is 0.182. The van der Waals surface area contributed by atoms with Gasteiger partial charge in [0.1, 0.15) is 0 Å². The van der Waals surface area contributed by atoms with E-state index in [-0.39, 0.29) is 11.8 Å². The van der Waals surface area contributed by atoms with Crippen LogP contribution in [-0.4, -0.2) is 19.2 Å². The van der Waals surface area contributed by atoms with Gasteiger partial charge in [-0.2, -0.15) is 0 Å². The summed E-state index contributed by atoms with van der Waals surface area (Å²) >= 11 is 0. The van der Waals surface area contributed by atoms with Gasteiger partial charge in [-0.1, -0.05) is 18.2 Å². The molecule has 1 aromatic heterocycles. The minimum Gasteiger partial charge on any atom is -0.377 e. The first kappa shape index (κ1) is 13.1. The molecule has 0 amide bonds. The van der Waals surface area contributed by atoms with Crippen molar-refractivity contribution in [1.29, 1.82) is 0 Å². The Morgan fingerprint density at radius 2 is 2.05 bits per heavy atom. The number of pyridine rings is 1. The van der Waals surface area contributed by atoms with Gasteiger partial charge in [0.2, 0.25) is 0 Å². The van der Waals surface area contributed by atoms with E-state index in [1.54, 1.807) is 24.5 Å². The summed E-state index contributed by atoms with van der Waals surface area (Å²) in [6.07, 6.45) is 4.11. The van der Waals surface area contributed by atoms with Gasteiger partial charge in [-0.25, -0.2) is 8.42 Å². The zero-order valence-electron chi connectivity index (χ0n) is 11.2. The molecule has 0 fully saturated rings. The van der Waals surface area contributed by atoms with Gasteiger partial charge in [0.15, 0.2) is 9.84 Å². The fourth-order valence-electron chi connectivity index (χ4n) is 2.54. The van der Waals surface area contributed by atoms with Crippen LogP contribution in [0, 0.1) is 6.92 Å². The second kappa shape index (κ2) is 4.90. The highest BCUT2D eigenvalue weighted by molar-refractivity contribution is 7.91. The van der Waals surface area contributed by atoms with Crippen LogP contribution in [0.15, 0.2) is 47.6 Å². The molecule has 104 valence electrons. The van der Waals surface area contributed by atoms with Crippen LogP contribution in [0.2, 0.25) is 0 Å². The predicted molar refractivity (Wildman–Crippen MR) is 78.4 cm³/mol. The molecule has 1 N–H and O–H groups in total. The first-order chi connectivity index (χ1) is 9.58. The van der Waals surface area contributed by atoms with Crippen LogP contribution in [-0.2, 0) is 9.84 Å². The average Bonchev–Trinajstić information content (AvgIpc) is 2.44. The molecule has 0 saturated heterocycles. The lowest BCUT2D eigenvalue weighted by atomic mass is 10.0. The molecule has 0 saturated carbocycles. The zero-order chi connectivity index (χ0) is 14.2. The maximum absolute atomic E-state index is 12.1. The van der Waals surface area contributed by atoms with Gasteiger partial charge >= 0.3 is 0 Å². The molecule has 0 aliphatic carbocycles. The molecule has 4 nitrogen and oxygen atoms in total. The SMILES string of the molecule is Cc1ccncc1NC1CCS(=O)(=O)c2ccccc21. The Bertz CT molecular complexity index is 741. The number of benzene rings is 1. The lowest BCUT2D eigenvalue weighted by Gasteiger charge is -2.27. The third-order valence-electron chi connectivity index (χ3n) is 3.67. The second-order valence-corrected chi connectivity index (χ2v) is 7.11. The number of rotatable bonds is 2. The van der Waals surface area contributed by atoms with Crippen LogP contribution < -0.4 is 5.32 Å². The topological polar surface area (TPSA) is 59.1 Å². The quantitative estimate of drug-likeness (QED) is 0.923.